The Hall–Kier alpha value is -2.97. The van der Waals surface area contributed by atoms with Crippen LogP contribution in [0.5, 0.6) is 5.75 Å². The van der Waals surface area contributed by atoms with Crippen LogP contribution in [0, 0.1) is 11.8 Å². The van der Waals surface area contributed by atoms with Crippen molar-refractivity contribution < 1.29 is 14.6 Å². The lowest BCUT2D eigenvalue weighted by Crippen LogP contribution is -2.20. The van der Waals surface area contributed by atoms with E-state index < -0.39 is 5.60 Å². The minimum atomic E-state index is -1.06. The number of carbonyl (C=O) groups excluding carboxylic acids is 1. The molecule has 5 nitrogen and oxygen atoms in total. The Balaban J connectivity index is 2.08. The highest BCUT2D eigenvalue weighted by Gasteiger charge is 2.27. The summed E-state index contributed by atoms with van der Waals surface area (Å²) in [6.45, 7) is 3.71. The normalized spacial score (nSPS) is 16.5. The maximum atomic E-state index is 12.5. The number of ether oxygens (including phenoxy) is 1. The molecule has 5 heteroatoms. The van der Waals surface area contributed by atoms with Gasteiger partial charge in [0.05, 0.1) is 24.1 Å². The third-order valence-electron chi connectivity index (χ3n) is 4.28. The van der Waals surface area contributed by atoms with Crippen molar-refractivity contribution in [3.63, 3.8) is 0 Å². The van der Waals surface area contributed by atoms with Gasteiger partial charge < -0.3 is 20.1 Å². The van der Waals surface area contributed by atoms with E-state index in [0.29, 0.717) is 34.7 Å². The predicted molar refractivity (Wildman–Crippen MR) is 103 cm³/mol. The van der Waals surface area contributed by atoms with E-state index in [9.17, 15) is 9.90 Å². The molecule has 0 fully saturated rings. The molecular weight excluding hydrogens is 328 g/mol. The Kier molecular flexibility index (Phi) is 4.88. The van der Waals surface area contributed by atoms with Crippen molar-refractivity contribution in [2.45, 2.75) is 32.3 Å². The van der Waals surface area contributed by atoms with E-state index in [4.69, 9.17) is 4.74 Å². The number of nitrogens with one attached hydrogen (secondary N) is 2. The van der Waals surface area contributed by atoms with Crippen molar-refractivity contribution in [1.29, 1.82) is 0 Å². The van der Waals surface area contributed by atoms with Crippen LogP contribution in [0.25, 0.3) is 11.6 Å². The third kappa shape index (κ3) is 3.51. The molecule has 0 saturated heterocycles. The predicted octanol–water partition coefficient (Wildman–Crippen LogP) is 3.42. The van der Waals surface area contributed by atoms with Crippen LogP contribution in [-0.4, -0.2) is 28.7 Å². The highest BCUT2D eigenvalue weighted by atomic mass is 16.5. The van der Waals surface area contributed by atoms with Gasteiger partial charge in [0, 0.05) is 17.3 Å². The number of hydrogen-bond donors (Lipinski definition) is 3. The number of hydrogen-bond acceptors (Lipinski definition) is 3. The van der Waals surface area contributed by atoms with Gasteiger partial charge in [0.2, 0.25) is 0 Å². The molecule has 1 atom stereocenters. The average molecular weight is 350 g/mol. The van der Waals surface area contributed by atoms with Gasteiger partial charge >= 0.3 is 0 Å². The molecule has 0 spiro atoms. The molecule has 1 unspecified atom stereocenters. The number of aliphatic hydroxyl groups is 1. The van der Waals surface area contributed by atoms with Crippen molar-refractivity contribution in [2.24, 2.45) is 0 Å². The Morgan fingerprint density at radius 1 is 1.35 bits per heavy atom. The summed E-state index contributed by atoms with van der Waals surface area (Å²) in [6, 6.07) is 7.34. The second-order valence-electron chi connectivity index (χ2n) is 6.47. The summed E-state index contributed by atoms with van der Waals surface area (Å²) >= 11 is 0. The lowest BCUT2D eigenvalue weighted by Gasteiger charge is -2.14. The molecule has 3 rings (SSSR count). The van der Waals surface area contributed by atoms with Crippen LogP contribution in [0.15, 0.2) is 30.5 Å². The fourth-order valence-electron chi connectivity index (χ4n) is 3.05. The van der Waals surface area contributed by atoms with Crippen molar-refractivity contribution >= 4 is 23.2 Å². The number of rotatable bonds is 4. The van der Waals surface area contributed by atoms with Gasteiger partial charge in [0.1, 0.15) is 11.4 Å². The number of benzene rings is 1. The van der Waals surface area contributed by atoms with Crippen molar-refractivity contribution in [3.8, 4) is 17.6 Å². The summed E-state index contributed by atoms with van der Waals surface area (Å²) in [5.74, 6) is 6.46. The van der Waals surface area contributed by atoms with Crippen LogP contribution in [0.2, 0.25) is 0 Å². The topological polar surface area (TPSA) is 74.3 Å². The van der Waals surface area contributed by atoms with Gasteiger partial charge in [-0.05, 0) is 37.6 Å². The molecule has 0 bridgehead atoms. The van der Waals surface area contributed by atoms with Gasteiger partial charge in [0.25, 0.3) is 5.91 Å². The Morgan fingerprint density at radius 3 is 2.88 bits per heavy atom. The maximum absolute atomic E-state index is 12.5. The summed E-state index contributed by atoms with van der Waals surface area (Å²) in [4.78, 5) is 15.6. The number of anilines is 1. The van der Waals surface area contributed by atoms with Crippen LogP contribution in [0.1, 0.15) is 43.5 Å². The molecule has 0 radical (unpaired) electrons. The molecule has 0 saturated carbocycles. The van der Waals surface area contributed by atoms with Crippen molar-refractivity contribution in [3.05, 3.63) is 47.3 Å². The summed E-state index contributed by atoms with van der Waals surface area (Å²) in [6.07, 6.45) is 4.95. The first-order valence-corrected chi connectivity index (χ1v) is 8.58. The molecule has 1 aliphatic rings. The van der Waals surface area contributed by atoms with E-state index in [1.807, 2.05) is 25.1 Å². The summed E-state index contributed by atoms with van der Waals surface area (Å²) in [5, 5.41) is 13.2. The molecule has 1 aliphatic heterocycles. The van der Waals surface area contributed by atoms with Gasteiger partial charge in [-0.2, -0.15) is 0 Å². The minimum Gasteiger partial charge on any atom is -0.495 e. The highest BCUT2D eigenvalue weighted by Crippen LogP contribution is 2.36. The standard InChI is InChI=1S/C21H22N2O3/c1-4-10-21(2,25)11-8-14-6-5-7-16-19(14)15(20(24)23-16)13-17-18(26-3)9-12-22-17/h5-7,9,12-13,22,25H,4,10H2,1-3H3,(H,23,24)/b15-13-. The van der Waals surface area contributed by atoms with Gasteiger partial charge in [-0.25, -0.2) is 0 Å². The monoisotopic (exact) mass is 350 g/mol. The molecule has 134 valence electrons. The molecule has 0 aliphatic carbocycles. The van der Waals surface area contributed by atoms with Crippen LogP contribution < -0.4 is 10.1 Å². The van der Waals surface area contributed by atoms with E-state index in [-0.39, 0.29) is 5.91 Å². The summed E-state index contributed by atoms with van der Waals surface area (Å²) in [7, 11) is 1.58. The number of fused-ring (bicyclic) bond motifs is 1. The first kappa shape index (κ1) is 17.8. The maximum Gasteiger partial charge on any atom is 0.256 e. The summed E-state index contributed by atoms with van der Waals surface area (Å²) < 4.78 is 5.30. The molecule has 26 heavy (non-hydrogen) atoms. The molecular formula is C21H22N2O3. The van der Waals surface area contributed by atoms with Crippen LogP contribution in [-0.2, 0) is 4.79 Å². The SMILES string of the molecule is CCCC(C)(O)C#Cc1cccc2c1/C(=C/c1[nH]ccc1OC)C(=O)N2. The zero-order valence-electron chi connectivity index (χ0n) is 15.1. The lowest BCUT2D eigenvalue weighted by molar-refractivity contribution is -0.110. The molecule has 1 amide bonds. The Bertz CT molecular complexity index is 926. The van der Waals surface area contributed by atoms with Gasteiger partial charge in [-0.3, -0.25) is 4.79 Å². The van der Waals surface area contributed by atoms with Gasteiger partial charge in [0.15, 0.2) is 0 Å². The van der Waals surface area contributed by atoms with Crippen molar-refractivity contribution in [2.75, 3.05) is 12.4 Å². The average Bonchev–Trinajstić information content (AvgIpc) is 3.18. The third-order valence-corrected chi connectivity index (χ3v) is 4.28. The highest BCUT2D eigenvalue weighted by molar-refractivity contribution is 6.35. The van der Waals surface area contributed by atoms with E-state index in [1.165, 1.54) is 0 Å². The molecule has 3 N–H and O–H groups in total. The molecule has 1 aromatic heterocycles. The van der Waals surface area contributed by atoms with E-state index in [1.54, 1.807) is 32.4 Å². The smallest absolute Gasteiger partial charge is 0.256 e. The summed E-state index contributed by atoms with van der Waals surface area (Å²) in [5.41, 5.74) is 2.34. The minimum absolute atomic E-state index is 0.189. The lowest BCUT2D eigenvalue weighted by atomic mass is 9.97. The van der Waals surface area contributed by atoms with Crippen LogP contribution >= 0.6 is 0 Å². The fraction of sp³-hybridized carbons (Fsp3) is 0.286. The first-order chi connectivity index (χ1) is 12.4. The Morgan fingerprint density at radius 2 is 2.15 bits per heavy atom. The van der Waals surface area contributed by atoms with E-state index in [0.717, 1.165) is 12.0 Å². The first-order valence-electron chi connectivity index (χ1n) is 8.58. The van der Waals surface area contributed by atoms with Crippen LogP contribution in [0.4, 0.5) is 5.69 Å². The number of H-pyrrole nitrogens is 1. The van der Waals surface area contributed by atoms with E-state index in [2.05, 4.69) is 22.1 Å². The number of methoxy groups -OCH3 is 1. The zero-order valence-corrected chi connectivity index (χ0v) is 15.1. The Labute approximate surface area is 153 Å². The fourth-order valence-corrected chi connectivity index (χ4v) is 3.05. The quantitative estimate of drug-likeness (QED) is 0.584. The molecule has 1 aromatic carbocycles. The van der Waals surface area contributed by atoms with Crippen LogP contribution in [0.3, 0.4) is 0 Å². The zero-order chi connectivity index (χ0) is 18.7. The van der Waals surface area contributed by atoms with Gasteiger partial charge in [-0.1, -0.05) is 31.3 Å². The van der Waals surface area contributed by atoms with E-state index >= 15 is 0 Å². The largest absolute Gasteiger partial charge is 0.495 e. The number of carbonyl (C=O) groups is 1. The number of amides is 1. The molecule has 2 heterocycles. The molecule has 2 aromatic rings. The number of aromatic amines is 1. The second kappa shape index (κ2) is 7.11. The number of aromatic nitrogens is 1. The van der Waals surface area contributed by atoms with Crippen molar-refractivity contribution in [1.82, 2.24) is 4.98 Å². The second-order valence-corrected chi connectivity index (χ2v) is 6.47. The van der Waals surface area contributed by atoms with Gasteiger partial charge in [-0.15, -0.1) is 0 Å².